The van der Waals surface area contributed by atoms with Gasteiger partial charge >= 0.3 is 0 Å². The number of thiazole rings is 1. The molecule has 1 aromatic carbocycles. The Morgan fingerprint density at radius 3 is 2.74 bits per heavy atom. The summed E-state index contributed by atoms with van der Waals surface area (Å²) >= 11 is 7.76. The zero-order valence-corrected chi connectivity index (χ0v) is 21.7. The Hall–Kier alpha value is -2.68. The van der Waals surface area contributed by atoms with Crippen molar-refractivity contribution in [1.29, 1.82) is 0 Å². The van der Waals surface area contributed by atoms with E-state index in [-0.39, 0.29) is 11.8 Å². The molecule has 0 saturated carbocycles. The molecule has 0 unspecified atom stereocenters. The summed E-state index contributed by atoms with van der Waals surface area (Å²) < 4.78 is 2.08. The van der Waals surface area contributed by atoms with Gasteiger partial charge in [-0.1, -0.05) is 30.7 Å². The molecule has 3 aromatic rings. The summed E-state index contributed by atoms with van der Waals surface area (Å²) in [6.45, 7) is 7.48. The maximum absolute atomic E-state index is 13.2. The van der Waals surface area contributed by atoms with E-state index >= 15 is 0 Å². The van der Waals surface area contributed by atoms with Gasteiger partial charge in [-0.3, -0.25) is 9.59 Å². The molecule has 9 heteroatoms. The van der Waals surface area contributed by atoms with Crippen molar-refractivity contribution in [2.24, 2.45) is 0 Å². The van der Waals surface area contributed by atoms with Gasteiger partial charge in [0.25, 0.3) is 11.8 Å². The van der Waals surface area contributed by atoms with Crippen molar-refractivity contribution < 1.29 is 9.59 Å². The summed E-state index contributed by atoms with van der Waals surface area (Å²) in [5, 5.41) is 6.11. The van der Waals surface area contributed by atoms with E-state index in [0.29, 0.717) is 42.5 Å². The smallest absolute Gasteiger partial charge is 0.270 e. The Labute approximate surface area is 215 Å². The number of hydrogen-bond acceptors (Lipinski definition) is 5. The Balaban J connectivity index is 1.37. The van der Waals surface area contributed by atoms with Crippen LogP contribution in [0.2, 0.25) is 5.02 Å². The third-order valence-corrected chi connectivity index (χ3v) is 7.33. The number of halogens is 1. The molecular formula is C26H32ClN5O2S. The zero-order valence-electron chi connectivity index (χ0n) is 20.1. The summed E-state index contributed by atoms with van der Waals surface area (Å²) in [4.78, 5) is 34.4. The second kappa shape index (κ2) is 12.3. The molecule has 0 radical (unpaired) electrons. The number of rotatable bonds is 11. The highest BCUT2D eigenvalue weighted by atomic mass is 35.5. The lowest BCUT2D eigenvalue weighted by molar-refractivity contribution is 0.0739. The fourth-order valence-corrected chi connectivity index (χ4v) is 5.32. The van der Waals surface area contributed by atoms with Gasteiger partial charge in [0, 0.05) is 36.9 Å². The van der Waals surface area contributed by atoms with E-state index in [4.69, 9.17) is 11.6 Å². The first-order valence-corrected chi connectivity index (χ1v) is 13.4. The van der Waals surface area contributed by atoms with E-state index in [1.165, 1.54) is 24.2 Å². The standard InChI is InChI=1S/C26H32ClN5O2S/c1-2-12-32(26(34)21-9-3-4-10-22(21)27)17-20-8-7-15-31(20)18-24-29-23(19-35-24)25(33)28-11-16-30-13-5-6-14-30/h3-4,7-10,15,19H,2,5-6,11-14,16-18H2,1H3,(H,28,33). The van der Waals surface area contributed by atoms with Crippen molar-refractivity contribution in [3.63, 3.8) is 0 Å². The molecule has 0 spiro atoms. The molecule has 0 aliphatic carbocycles. The average molecular weight is 514 g/mol. The number of aromatic nitrogens is 2. The van der Waals surface area contributed by atoms with Crippen LogP contribution in [0.25, 0.3) is 0 Å². The van der Waals surface area contributed by atoms with Crippen LogP contribution in [0, 0.1) is 0 Å². The minimum Gasteiger partial charge on any atom is -0.349 e. The molecular weight excluding hydrogens is 482 g/mol. The number of nitrogens with one attached hydrogen (secondary N) is 1. The van der Waals surface area contributed by atoms with E-state index in [2.05, 4.69) is 26.7 Å². The summed E-state index contributed by atoms with van der Waals surface area (Å²) in [5.74, 6) is -0.203. The van der Waals surface area contributed by atoms with Crippen LogP contribution in [0.15, 0.2) is 48.0 Å². The molecule has 2 amide bonds. The number of amides is 2. The molecule has 1 saturated heterocycles. The van der Waals surface area contributed by atoms with Crippen molar-refractivity contribution in [1.82, 2.24) is 24.7 Å². The molecule has 1 aliphatic rings. The lowest BCUT2D eigenvalue weighted by Crippen LogP contribution is -2.33. The normalized spacial score (nSPS) is 13.8. The van der Waals surface area contributed by atoms with Crippen LogP contribution in [0.4, 0.5) is 0 Å². The summed E-state index contributed by atoms with van der Waals surface area (Å²) in [5.41, 5.74) is 1.98. The van der Waals surface area contributed by atoms with Gasteiger partial charge in [-0.05, 0) is 56.6 Å². The van der Waals surface area contributed by atoms with Crippen molar-refractivity contribution in [3.05, 3.63) is 75.0 Å². The van der Waals surface area contributed by atoms with Gasteiger partial charge in [0.1, 0.15) is 10.7 Å². The molecule has 3 heterocycles. The van der Waals surface area contributed by atoms with Crippen molar-refractivity contribution in [2.75, 3.05) is 32.7 Å². The Morgan fingerprint density at radius 2 is 1.97 bits per heavy atom. The topological polar surface area (TPSA) is 70.5 Å². The third kappa shape index (κ3) is 6.72. The lowest BCUT2D eigenvalue weighted by Gasteiger charge is -2.23. The number of nitrogens with zero attached hydrogens (tertiary/aromatic N) is 4. The van der Waals surface area contributed by atoms with Crippen LogP contribution < -0.4 is 5.32 Å². The van der Waals surface area contributed by atoms with E-state index in [1.54, 1.807) is 12.1 Å². The minimum atomic E-state index is -0.126. The maximum atomic E-state index is 13.2. The van der Waals surface area contributed by atoms with Crippen LogP contribution in [0.1, 0.15) is 57.7 Å². The molecule has 1 aliphatic heterocycles. The molecule has 2 aromatic heterocycles. The highest BCUT2D eigenvalue weighted by Gasteiger charge is 2.20. The molecule has 0 bridgehead atoms. The average Bonchev–Trinajstić information content (AvgIpc) is 3.62. The van der Waals surface area contributed by atoms with Crippen molar-refractivity contribution >= 4 is 34.8 Å². The molecule has 1 N–H and O–H groups in total. The van der Waals surface area contributed by atoms with Gasteiger partial charge in [-0.15, -0.1) is 11.3 Å². The molecule has 4 rings (SSSR count). The van der Waals surface area contributed by atoms with Crippen LogP contribution in [-0.2, 0) is 13.1 Å². The first-order chi connectivity index (χ1) is 17.0. The Bertz CT molecular complexity index is 1140. The summed E-state index contributed by atoms with van der Waals surface area (Å²) in [7, 11) is 0. The second-order valence-corrected chi connectivity index (χ2v) is 10.1. The fourth-order valence-electron chi connectivity index (χ4n) is 4.33. The number of carbonyl (C=O) groups excluding carboxylic acids is 2. The lowest BCUT2D eigenvalue weighted by atomic mass is 10.2. The van der Waals surface area contributed by atoms with Crippen molar-refractivity contribution in [3.8, 4) is 0 Å². The van der Waals surface area contributed by atoms with E-state index < -0.39 is 0 Å². The summed E-state index contributed by atoms with van der Waals surface area (Å²) in [6, 6.07) is 11.1. The first kappa shape index (κ1) is 25.4. The van der Waals surface area contributed by atoms with Gasteiger partial charge < -0.3 is 19.7 Å². The largest absolute Gasteiger partial charge is 0.349 e. The van der Waals surface area contributed by atoms with Crippen LogP contribution in [-0.4, -0.2) is 63.9 Å². The Morgan fingerprint density at radius 1 is 1.17 bits per heavy atom. The summed E-state index contributed by atoms with van der Waals surface area (Å²) in [6.07, 6.45) is 5.32. The number of likely N-dealkylation sites (tertiary alicyclic amines) is 1. The van der Waals surface area contributed by atoms with E-state index in [0.717, 1.165) is 36.8 Å². The highest BCUT2D eigenvalue weighted by Crippen LogP contribution is 2.20. The first-order valence-electron chi connectivity index (χ1n) is 12.2. The molecule has 0 atom stereocenters. The van der Waals surface area contributed by atoms with Gasteiger partial charge in [-0.2, -0.15) is 0 Å². The van der Waals surface area contributed by atoms with Crippen LogP contribution in [0.5, 0.6) is 0 Å². The monoisotopic (exact) mass is 513 g/mol. The van der Waals surface area contributed by atoms with Crippen LogP contribution in [0.3, 0.4) is 0 Å². The predicted molar refractivity (Wildman–Crippen MR) is 140 cm³/mol. The molecule has 1 fully saturated rings. The highest BCUT2D eigenvalue weighted by molar-refractivity contribution is 7.09. The second-order valence-electron chi connectivity index (χ2n) is 8.77. The molecule has 35 heavy (non-hydrogen) atoms. The quantitative estimate of drug-likeness (QED) is 0.409. The Kier molecular flexibility index (Phi) is 8.95. The number of benzene rings is 1. The fraction of sp³-hybridized carbons (Fsp3) is 0.423. The van der Waals surface area contributed by atoms with Crippen molar-refractivity contribution in [2.45, 2.75) is 39.3 Å². The number of carbonyl (C=O) groups is 2. The minimum absolute atomic E-state index is 0.0765. The van der Waals surface area contributed by atoms with Gasteiger partial charge in [0.2, 0.25) is 0 Å². The predicted octanol–water partition coefficient (Wildman–Crippen LogP) is 4.52. The van der Waals surface area contributed by atoms with E-state index in [9.17, 15) is 9.59 Å². The zero-order chi connectivity index (χ0) is 24.6. The van der Waals surface area contributed by atoms with Gasteiger partial charge in [0.15, 0.2) is 0 Å². The molecule has 7 nitrogen and oxygen atoms in total. The maximum Gasteiger partial charge on any atom is 0.270 e. The molecule has 186 valence electrons. The van der Waals surface area contributed by atoms with Crippen LogP contribution >= 0.6 is 22.9 Å². The SMILES string of the molecule is CCCN(Cc1cccn1Cc1nc(C(=O)NCCN2CCCC2)cs1)C(=O)c1ccccc1Cl. The number of hydrogen-bond donors (Lipinski definition) is 1. The third-order valence-electron chi connectivity index (χ3n) is 6.16. The van der Waals surface area contributed by atoms with E-state index in [1.807, 2.05) is 40.7 Å². The van der Waals surface area contributed by atoms with Gasteiger partial charge in [-0.25, -0.2) is 4.98 Å². The van der Waals surface area contributed by atoms with Gasteiger partial charge in [0.05, 0.1) is 23.7 Å².